The number of carbonyl (C=O) groups is 3. The molecule has 31 heavy (non-hydrogen) atoms. The lowest BCUT2D eigenvalue weighted by atomic mass is 9.74. The van der Waals surface area contributed by atoms with Crippen molar-refractivity contribution in [3.05, 3.63) is 70.3 Å². The van der Waals surface area contributed by atoms with Gasteiger partial charge in [-0.1, -0.05) is 32.1 Å². The Bertz CT molecular complexity index is 1030. The second-order valence-corrected chi connectivity index (χ2v) is 7.79. The lowest BCUT2D eigenvalue weighted by Gasteiger charge is -2.30. The van der Waals surface area contributed by atoms with Gasteiger partial charge >= 0.3 is 17.9 Å². The Hall–Kier alpha value is -3.41. The largest absolute Gasteiger partial charge is 0.462 e. The molecule has 0 atom stereocenters. The predicted octanol–water partition coefficient (Wildman–Crippen LogP) is 4.95. The summed E-state index contributed by atoms with van der Waals surface area (Å²) >= 11 is 0. The quantitative estimate of drug-likeness (QED) is 0.484. The molecule has 3 rings (SSSR count). The number of benzene rings is 2. The Morgan fingerprint density at radius 2 is 1.52 bits per heavy atom. The van der Waals surface area contributed by atoms with Crippen molar-refractivity contribution >= 4 is 24.0 Å². The van der Waals surface area contributed by atoms with Crippen LogP contribution < -0.4 is 4.74 Å². The summed E-state index contributed by atoms with van der Waals surface area (Å²) in [4.78, 5) is 37.5. The van der Waals surface area contributed by atoms with Crippen molar-refractivity contribution in [1.82, 2.24) is 0 Å². The SMILES string of the molecule is CCOC(=O)c1ccc(OC(=O)c2ccc3c(c2C(=O)OCC)C=CCC3(C)C)cc1. The van der Waals surface area contributed by atoms with E-state index in [9.17, 15) is 14.4 Å². The van der Waals surface area contributed by atoms with Gasteiger partial charge in [-0.15, -0.1) is 0 Å². The summed E-state index contributed by atoms with van der Waals surface area (Å²) < 4.78 is 15.7. The first-order chi connectivity index (χ1) is 14.8. The first-order valence-corrected chi connectivity index (χ1v) is 10.3. The minimum atomic E-state index is -0.675. The van der Waals surface area contributed by atoms with Crippen molar-refractivity contribution in [2.45, 2.75) is 39.5 Å². The Morgan fingerprint density at radius 3 is 2.16 bits per heavy atom. The van der Waals surface area contributed by atoms with Gasteiger partial charge in [0.25, 0.3) is 0 Å². The van der Waals surface area contributed by atoms with E-state index in [4.69, 9.17) is 14.2 Å². The van der Waals surface area contributed by atoms with Gasteiger partial charge in [0.2, 0.25) is 0 Å². The van der Waals surface area contributed by atoms with E-state index in [0.29, 0.717) is 11.1 Å². The van der Waals surface area contributed by atoms with Crippen LogP contribution in [-0.4, -0.2) is 31.1 Å². The van der Waals surface area contributed by atoms with Gasteiger partial charge in [0, 0.05) is 0 Å². The van der Waals surface area contributed by atoms with E-state index in [1.165, 1.54) is 24.3 Å². The van der Waals surface area contributed by atoms with Crippen LogP contribution in [0.2, 0.25) is 0 Å². The fraction of sp³-hybridized carbons (Fsp3) is 0.320. The van der Waals surface area contributed by atoms with Crippen molar-refractivity contribution < 1.29 is 28.6 Å². The smallest absolute Gasteiger partial charge is 0.344 e. The average Bonchev–Trinajstić information content (AvgIpc) is 2.73. The molecule has 0 fully saturated rings. The van der Waals surface area contributed by atoms with Gasteiger partial charge in [0.05, 0.1) is 29.9 Å². The van der Waals surface area contributed by atoms with Crippen molar-refractivity contribution in [3.8, 4) is 5.75 Å². The predicted molar refractivity (Wildman–Crippen MR) is 116 cm³/mol. The van der Waals surface area contributed by atoms with Crippen LogP contribution in [0.3, 0.4) is 0 Å². The van der Waals surface area contributed by atoms with E-state index in [-0.39, 0.29) is 35.5 Å². The molecule has 6 nitrogen and oxygen atoms in total. The topological polar surface area (TPSA) is 78.9 Å². The van der Waals surface area contributed by atoms with Gasteiger partial charge in [0.1, 0.15) is 5.75 Å². The van der Waals surface area contributed by atoms with Crippen molar-refractivity contribution in [2.75, 3.05) is 13.2 Å². The van der Waals surface area contributed by atoms with Crippen LogP contribution in [0.4, 0.5) is 0 Å². The normalized spacial score (nSPS) is 13.8. The van der Waals surface area contributed by atoms with Gasteiger partial charge < -0.3 is 14.2 Å². The molecule has 0 aromatic heterocycles. The number of esters is 3. The van der Waals surface area contributed by atoms with Gasteiger partial charge in [-0.25, -0.2) is 14.4 Å². The van der Waals surface area contributed by atoms with E-state index in [0.717, 1.165) is 12.0 Å². The Balaban J connectivity index is 1.95. The van der Waals surface area contributed by atoms with E-state index in [1.54, 1.807) is 19.9 Å². The zero-order valence-corrected chi connectivity index (χ0v) is 18.2. The van der Waals surface area contributed by atoms with E-state index < -0.39 is 17.9 Å². The van der Waals surface area contributed by atoms with Crippen LogP contribution >= 0.6 is 0 Å². The number of ether oxygens (including phenoxy) is 3. The van der Waals surface area contributed by atoms with Crippen LogP contribution in [0, 0.1) is 0 Å². The molecule has 0 unspecified atom stereocenters. The molecule has 0 spiro atoms. The third-order valence-corrected chi connectivity index (χ3v) is 5.16. The molecule has 0 saturated heterocycles. The molecule has 0 radical (unpaired) electrons. The first kappa shape index (κ1) is 22.3. The second-order valence-electron chi connectivity index (χ2n) is 7.79. The summed E-state index contributed by atoms with van der Waals surface area (Å²) in [7, 11) is 0. The van der Waals surface area contributed by atoms with Gasteiger partial charge in [-0.05, 0) is 67.1 Å². The van der Waals surface area contributed by atoms with Crippen LogP contribution in [0.25, 0.3) is 6.08 Å². The maximum absolute atomic E-state index is 13.0. The standard InChI is InChI=1S/C25H26O6/c1-5-29-22(26)16-9-11-17(12-10-16)31-23(27)19-13-14-20-18(8-7-15-25(20,3)4)21(19)24(28)30-6-2/h7-14H,5-6,15H2,1-4H3. The van der Waals surface area contributed by atoms with Gasteiger partial charge in [0.15, 0.2) is 0 Å². The molecule has 2 aromatic rings. The summed E-state index contributed by atoms with van der Waals surface area (Å²) in [5.41, 5.74) is 2.19. The fourth-order valence-electron chi connectivity index (χ4n) is 3.59. The zero-order chi connectivity index (χ0) is 22.6. The number of fused-ring (bicyclic) bond motifs is 1. The highest BCUT2D eigenvalue weighted by molar-refractivity contribution is 6.07. The maximum Gasteiger partial charge on any atom is 0.344 e. The van der Waals surface area contributed by atoms with E-state index in [1.807, 2.05) is 18.2 Å². The summed E-state index contributed by atoms with van der Waals surface area (Å²) in [6.45, 7) is 8.09. The Morgan fingerprint density at radius 1 is 0.871 bits per heavy atom. The number of hydrogen-bond donors (Lipinski definition) is 0. The van der Waals surface area contributed by atoms with Crippen LogP contribution in [0.15, 0.2) is 42.5 Å². The van der Waals surface area contributed by atoms with Crippen molar-refractivity contribution in [2.24, 2.45) is 0 Å². The molecule has 2 aromatic carbocycles. The molecule has 0 N–H and O–H groups in total. The van der Waals surface area contributed by atoms with Crippen LogP contribution in [0.5, 0.6) is 5.75 Å². The molecular weight excluding hydrogens is 396 g/mol. The molecule has 0 amide bonds. The fourth-order valence-corrected chi connectivity index (χ4v) is 3.59. The van der Waals surface area contributed by atoms with Gasteiger partial charge in [-0.2, -0.15) is 0 Å². The second kappa shape index (κ2) is 9.16. The lowest BCUT2D eigenvalue weighted by Crippen LogP contribution is -2.25. The van der Waals surface area contributed by atoms with E-state index >= 15 is 0 Å². The number of rotatable bonds is 6. The lowest BCUT2D eigenvalue weighted by molar-refractivity contribution is 0.0511. The summed E-state index contributed by atoms with van der Waals surface area (Å²) in [6, 6.07) is 9.53. The molecule has 162 valence electrons. The molecule has 1 aliphatic carbocycles. The third kappa shape index (κ3) is 4.68. The summed E-state index contributed by atoms with van der Waals surface area (Å²) in [5, 5.41) is 0. The Kier molecular flexibility index (Phi) is 6.59. The van der Waals surface area contributed by atoms with Crippen molar-refractivity contribution in [3.63, 3.8) is 0 Å². The third-order valence-electron chi connectivity index (χ3n) is 5.16. The van der Waals surface area contributed by atoms with Crippen LogP contribution in [-0.2, 0) is 14.9 Å². The first-order valence-electron chi connectivity index (χ1n) is 10.3. The molecule has 0 saturated carbocycles. The monoisotopic (exact) mass is 422 g/mol. The summed E-state index contributed by atoms with van der Waals surface area (Å²) in [6.07, 6.45) is 4.69. The maximum atomic E-state index is 13.0. The highest BCUT2D eigenvalue weighted by Crippen LogP contribution is 2.38. The Labute approximate surface area is 181 Å². The number of carbonyl (C=O) groups excluding carboxylic acids is 3. The molecule has 6 heteroatoms. The number of hydrogen-bond acceptors (Lipinski definition) is 6. The minimum Gasteiger partial charge on any atom is -0.462 e. The minimum absolute atomic E-state index is 0.133. The highest BCUT2D eigenvalue weighted by Gasteiger charge is 2.31. The molecule has 1 aliphatic rings. The molecule has 0 aliphatic heterocycles. The molecular formula is C25H26O6. The highest BCUT2D eigenvalue weighted by atomic mass is 16.5. The zero-order valence-electron chi connectivity index (χ0n) is 18.2. The molecule has 0 heterocycles. The molecule has 0 bridgehead atoms. The van der Waals surface area contributed by atoms with Crippen LogP contribution in [0.1, 0.15) is 76.3 Å². The van der Waals surface area contributed by atoms with E-state index in [2.05, 4.69) is 13.8 Å². The summed E-state index contributed by atoms with van der Waals surface area (Å²) in [5.74, 6) is -1.44. The number of allylic oxidation sites excluding steroid dienone is 1. The average molecular weight is 422 g/mol. The van der Waals surface area contributed by atoms with Gasteiger partial charge in [-0.3, -0.25) is 0 Å². The van der Waals surface area contributed by atoms with Crippen molar-refractivity contribution in [1.29, 1.82) is 0 Å².